The van der Waals surface area contributed by atoms with Crippen molar-refractivity contribution in [3.63, 3.8) is 0 Å². The van der Waals surface area contributed by atoms with Gasteiger partial charge in [0.1, 0.15) is 0 Å². The van der Waals surface area contributed by atoms with Gasteiger partial charge in [-0.3, -0.25) is 9.59 Å². The van der Waals surface area contributed by atoms with Crippen LogP contribution in [-0.4, -0.2) is 34.5 Å². The zero-order chi connectivity index (χ0) is 13.8. The average Bonchev–Trinajstić information content (AvgIpc) is 3.10. The number of aliphatic carboxylic acids is 1. The van der Waals surface area contributed by atoms with E-state index in [4.69, 9.17) is 5.11 Å². The van der Waals surface area contributed by atoms with Crippen LogP contribution in [0, 0.1) is 6.92 Å². The van der Waals surface area contributed by atoms with Gasteiger partial charge in [0.25, 0.3) is 0 Å². The summed E-state index contributed by atoms with van der Waals surface area (Å²) >= 11 is 1.59. The van der Waals surface area contributed by atoms with Crippen molar-refractivity contribution < 1.29 is 14.7 Å². The number of carboxylic acids is 1. The summed E-state index contributed by atoms with van der Waals surface area (Å²) in [7, 11) is 0. The lowest BCUT2D eigenvalue weighted by Crippen LogP contribution is -2.33. The molecule has 1 aliphatic carbocycles. The smallest absolute Gasteiger partial charge is 0.305 e. The van der Waals surface area contributed by atoms with Gasteiger partial charge in [0.05, 0.1) is 6.42 Å². The molecule has 0 aromatic carbocycles. The van der Waals surface area contributed by atoms with Gasteiger partial charge in [-0.1, -0.05) is 0 Å². The molecular weight excluding hydrogens is 262 g/mol. The molecule has 0 bridgehead atoms. The van der Waals surface area contributed by atoms with Gasteiger partial charge in [-0.05, 0) is 42.9 Å². The number of carboxylic acid groups (broad SMARTS) is 1. The summed E-state index contributed by atoms with van der Waals surface area (Å²) in [6.07, 6.45) is 5.35. The molecule has 19 heavy (non-hydrogen) atoms. The third kappa shape index (κ3) is 3.92. The molecule has 0 aliphatic heterocycles. The van der Waals surface area contributed by atoms with Crippen LogP contribution >= 0.6 is 11.3 Å². The van der Waals surface area contributed by atoms with Crippen molar-refractivity contribution in [2.24, 2.45) is 0 Å². The first-order valence-corrected chi connectivity index (χ1v) is 7.20. The molecule has 4 nitrogen and oxygen atoms in total. The summed E-state index contributed by atoms with van der Waals surface area (Å²) in [5.74, 6) is -0.951. The van der Waals surface area contributed by atoms with Crippen molar-refractivity contribution in [2.75, 3.05) is 6.54 Å². The standard InChI is InChI=1S/C14H17NO3S/c1-10-7-9-19-12(10)4-5-13(16)15(11-2-3-11)8-6-14(17)18/h4-5,7,9,11H,2-3,6,8H2,1H3,(H,17,18)/b5-4+. The maximum absolute atomic E-state index is 12.1. The Morgan fingerprint density at radius 3 is 2.79 bits per heavy atom. The zero-order valence-corrected chi connectivity index (χ0v) is 11.7. The van der Waals surface area contributed by atoms with Crippen LogP contribution in [0.5, 0.6) is 0 Å². The predicted molar refractivity (Wildman–Crippen MR) is 75.1 cm³/mol. The Hall–Kier alpha value is -1.62. The second-order valence-electron chi connectivity index (χ2n) is 4.71. The zero-order valence-electron chi connectivity index (χ0n) is 10.8. The van der Waals surface area contributed by atoms with E-state index in [2.05, 4.69) is 0 Å². The first-order chi connectivity index (χ1) is 9.08. The van der Waals surface area contributed by atoms with Crippen LogP contribution in [0.1, 0.15) is 29.7 Å². The van der Waals surface area contributed by atoms with E-state index >= 15 is 0 Å². The average molecular weight is 279 g/mol. The minimum Gasteiger partial charge on any atom is -0.481 e. The van der Waals surface area contributed by atoms with Crippen LogP contribution in [0.2, 0.25) is 0 Å². The maximum atomic E-state index is 12.1. The fourth-order valence-electron chi connectivity index (χ4n) is 1.87. The number of rotatable bonds is 6. The number of hydrogen-bond acceptors (Lipinski definition) is 3. The first kappa shape index (κ1) is 13.8. The Bertz CT molecular complexity index is 503. The second-order valence-corrected chi connectivity index (χ2v) is 5.66. The molecule has 1 aromatic heterocycles. The second kappa shape index (κ2) is 6.02. The van der Waals surface area contributed by atoms with Crippen molar-refractivity contribution in [3.8, 4) is 0 Å². The quantitative estimate of drug-likeness (QED) is 0.814. The van der Waals surface area contributed by atoms with Crippen molar-refractivity contribution in [2.45, 2.75) is 32.2 Å². The van der Waals surface area contributed by atoms with Crippen molar-refractivity contribution in [1.29, 1.82) is 0 Å². The number of nitrogens with zero attached hydrogens (tertiary/aromatic N) is 1. The number of aryl methyl sites for hydroxylation is 1. The monoisotopic (exact) mass is 279 g/mol. The minimum atomic E-state index is -0.864. The molecule has 1 N–H and O–H groups in total. The predicted octanol–water partition coefficient (Wildman–Crippen LogP) is 2.54. The summed E-state index contributed by atoms with van der Waals surface area (Å²) in [6.45, 7) is 2.30. The van der Waals surface area contributed by atoms with Crippen molar-refractivity contribution in [1.82, 2.24) is 4.90 Å². The number of hydrogen-bond donors (Lipinski definition) is 1. The van der Waals surface area contributed by atoms with Crippen LogP contribution in [0.15, 0.2) is 17.5 Å². The van der Waals surface area contributed by atoms with E-state index in [1.165, 1.54) is 0 Å². The largest absolute Gasteiger partial charge is 0.481 e. The van der Waals surface area contributed by atoms with Gasteiger partial charge in [-0.25, -0.2) is 0 Å². The fourth-order valence-corrected chi connectivity index (χ4v) is 2.69. The van der Waals surface area contributed by atoms with Crippen molar-refractivity contribution >= 4 is 29.3 Å². The number of carbonyl (C=O) groups excluding carboxylic acids is 1. The maximum Gasteiger partial charge on any atom is 0.305 e. The van der Waals surface area contributed by atoms with Crippen LogP contribution in [-0.2, 0) is 9.59 Å². The first-order valence-electron chi connectivity index (χ1n) is 6.32. The minimum absolute atomic E-state index is 0.00805. The molecule has 2 rings (SSSR count). The molecule has 102 valence electrons. The van der Waals surface area contributed by atoms with E-state index < -0.39 is 5.97 Å². The van der Waals surface area contributed by atoms with E-state index in [9.17, 15) is 9.59 Å². The molecule has 0 spiro atoms. The molecule has 0 saturated heterocycles. The van der Waals surface area contributed by atoms with Crippen LogP contribution in [0.25, 0.3) is 6.08 Å². The summed E-state index contributed by atoms with van der Waals surface area (Å²) < 4.78 is 0. The molecule has 1 fully saturated rings. The lowest BCUT2D eigenvalue weighted by atomic mass is 10.2. The van der Waals surface area contributed by atoms with Crippen LogP contribution in [0.4, 0.5) is 0 Å². The lowest BCUT2D eigenvalue weighted by Gasteiger charge is -2.19. The lowest BCUT2D eigenvalue weighted by molar-refractivity contribution is -0.138. The molecule has 0 radical (unpaired) electrons. The molecule has 0 unspecified atom stereocenters. The van der Waals surface area contributed by atoms with E-state index in [-0.39, 0.29) is 18.4 Å². The number of amides is 1. The Morgan fingerprint density at radius 1 is 1.53 bits per heavy atom. The molecule has 1 aliphatic rings. The van der Waals surface area contributed by atoms with Gasteiger partial charge in [-0.2, -0.15) is 0 Å². The normalized spacial score (nSPS) is 14.8. The van der Waals surface area contributed by atoms with E-state index in [1.807, 2.05) is 24.4 Å². The molecule has 1 saturated carbocycles. The molecule has 5 heteroatoms. The molecule has 0 atom stereocenters. The van der Waals surface area contributed by atoms with Gasteiger partial charge in [0.2, 0.25) is 5.91 Å². The highest BCUT2D eigenvalue weighted by molar-refractivity contribution is 7.11. The number of thiophene rings is 1. The van der Waals surface area contributed by atoms with Gasteiger partial charge in [-0.15, -0.1) is 11.3 Å². The van der Waals surface area contributed by atoms with Gasteiger partial charge in [0.15, 0.2) is 0 Å². The highest BCUT2D eigenvalue weighted by Crippen LogP contribution is 2.27. The topological polar surface area (TPSA) is 57.6 Å². The summed E-state index contributed by atoms with van der Waals surface area (Å²) in [4.78, 5) is 25.4. The Labute approximate surface area is 116 Å². The molecule has 1 amide bonds. The van der Waals surface area contributed by atoms with E-state index in [0.29, 0.717) is 6.54 Å². The fraction of sp³-hybridized carbons (Fsp3) is 0.429. The molecule has 1 aromatic rings. The van der Waals surface area contributed by atoms with E-state index in [1.54, 1.807) is 22.3 Å². The van der Waals surface area contributed by atoms with Gasteiger partial charge in [0, 0.05) is 23.5 Å². The third-order valence-corrected chi connectivity index (χ3v) is 4.10. The highest BCUT2D eigenvalue weighted by Gasteiger charge is 2.31. The summed E-state index contributed by atoms with van der Waals surface area (Å²) in [6, 6.07) is 2.25. The molecule has 1 heterocycles. The Kier molecular flexibility index (Phi) is 4.37. The SMILES string of the molecule is Cc1ccsc1/C=C/C(=O)N(CCC(=O)O)C1CC1. The third-order valence-electron chi connectivity index (χ3n) is 3.12. The highest BCUT2D eigenvalue weighted by atomic mass is 32.1. The van der Waals surface area contributed by atoms with E-state index in [0.717, 1.165) is 23.3 Å². The van der Waals surface area contributed by atoms with Crippen molar-refractivity contribution in [3.05, 3.63) is 28.0 Å². The summed E-state index contributed by atoms with van der Waals surface area (Å²) in [5, 5.41) is 10.7. The van der Waals surface area contributed by atoms with Crippen LogP contribution < -0.4 is 0 Å². The Morgan fingerprint density at radius 2 is 2.26 bits per heavy atom. The van der Waals surface area contributed by atoms with Crippen LogP contribution in [0.3, 0.4) is 0 Å². The summed E-state index contributed by atoms with van der Waals surface area (Å²) in [5.41, 5.74) is 1.15. The van der Waals surface area contributed by atoms with Gasteiger partial charge >= 0.3 is 5.97 Å². The number of carbonyl (C=O) groups is 2. The molecular formula is C14H17NO3S. The Balaban J connectivity index is 1.97. The van der Waals surface area contributed by atoms with Gasteiger partial charge < -0.3 is 10.0 Å².